The molecule has 1 aromatic heterocycles. The van der Waals surface area contributed by atoms with Gasteiger partial charge in [0.15, 0.2) is 0 Å². The Bertz CT molecular complexity index is 521. The Hall–Kier alpha value is -0.500. The number of sulfonamides is 1. The summed E-state index contributed by atoms with van der Waals surface area (Å²) in [7, 11) is -3.62. The molecule has 7 heteroatoms. The second-order valence-corrected chi connectivity index (χ2v) is 7.05. The number of hydrogen-bond acceptors (Lipinski definition) is 4. The van der Waals surface area contributed by atoms with Gasteiger partial charge in [-0.2, -0.15) is 0 Å². The van der Waals surface area contributed by atoms with Crippen LogP contribution in [-0.4, -0.2) is 30.7 Å². The molecule has 0 radical (unpaired) electrons. The van der Waals surface area contributed by atoms with E-state index in [4.69, 9.17) is 0 Å². The van der Waals surface area contributed by atoms with Crippen molar-refractivity contribution in [3.63, 3.8) is 0 Å². The van der Waals surface area contributed by atoms with Gasteiger partial charge in [0.1, 0.15) is 4.90 Å². The highest BCUT2D eigenvalue weighted by molar-refractivity contribution is 9.10. The smallest absolute Gasteiger partial charge is 0.242 e. The Kier molecular flexibility index (Phi) is 4.37. The normalized spacial score (nSPS) is 25.0. The van der Waals surface area contributed by atoms with E-state index in [1.807, 2.05) is 0 Å². The first-order chi connectivity index (χ1) is 8.49. The van der Waals surface area contributed by atoms with E-state index >= 15 is 0 Å². The first kappa shape index (κ1) is 13.9. The molecule has 1 heterocycles. The number of aromatic nitrogens is 1. The molecule has 2 atom stereocenters. The van der Waals surface area contributed by atoms with Crippen molar-refractivity contribution >= 4 is 26.0 Å². The summed E-state index contributed by atoms with van der Waals surface area (Å²) in [5.74, 6) is 0. The van der Waals surface area contributed by atoms with Crippen LogP contribution in [0.15, 0.2) is 27.8 Å². The maximum atomic E-state index is 12.1. The van der Waals surface area contributed by atoms with Crippen LogP contribution < -0.4 is 4.72 Å². The standard InChI is InChI=1S/C11H15BrN2O3S/c12-8-5-9(7-13-6-8)18(16,17)14-10-3-1-2-4-11(10)15/h5-7,10-11,14-15H,1-4H2/t10-,11-/m0/s1. The fourth-order valence-electron chi connectivity index (χ4n) is 2.06. The molecule has 1 fully saturated rings. The molecule has 18 heavy (non-hydrogen) atoms. The second kappa shape index (κ2) is 5.64. The number of pyridine rings is 1. The lowest BCUT2D eigenvalue weighted by Gasteiger charge is -2.28. The number of hydrogen-bond donors (Lipinski definition) is 2. The lowest BCUT2D eigenvalue weighted by molar-refractivity contribution is 0.101. The number of nitrogens with one attached hydrogen (secondary N) is 1. The molecule has 1 aliphatic rings. The number of aliphatic hydroxyl groups excluding tert-OH is 1. The molecule has 1 aromatic rings. The predicted octanol–water partition coefficient (Wildman–Crippen LogP) is 1.43. The quantitative estimate of drug-likeness (QED) is 0.876. The Morgan fingerprint density at radius 1 is 1.33 bits per heavy atom. The molecule has 0 aromatic carbocycles. The molecule has 0 aliphatic heterocycles. The van der Waals surface area contributed by atoms with Crippen molar-refractivity contribution in [1.82, 2.24) is 9.71 Å². The Morgan fingerprint density at radius 2 is 2.06 bits per heavy atom. The van der Waals surface area contributed by atoms with Crippen molar-refractivity contribution < 1.29 is 13.5 Å². The van der Waals surface area contributed by atoms with Gasteiger partial charge in [0.2, 0.25) is 10.0 Å². The van der Waals surface area contributed by atoms with Crippen LogP contribution in [0.4, 0.5) is 0 Å². The van der Waals surface area contributed by atoms with Gasteiger partial charge in [0.25, 0.3) is 0 Å². The molecule has 0 saturated heterocycles. The molecule has 0 unspecified atom stereocenters. The first-order valence-corrected chi connectivity index (χ1v) is 8.07. The van der Waals surface area contributed by atoms with Crippen LogP contribution in [-0.2, 0) is 10.0 Å². The van der Waals surface area contributed by atoms with Gasteiger partial charge in [0, 0.05) is 22.9 Å². The SMILES string of the molecule is O=S(=O)(N[C@H]1CCCC[C@@H]1O)c1cncc(Br)c1. The van der Waals surface area contributed by atoms with Gasteiger partial charge < -0.3 is 5.11 Å². The van der Waals surface area contributed by atoms with Crippen LogP contribution in [0, 0.1) is 0 Å². The van der Waals surface area contributed by atoms with E-state index in [9.17, 15) is 13.5 Å². The highest BCUT2D eigenvalue weighted by Crippen LogP contribution is 2.21. The van der Waals surface area contributed by atoms with E-state index in [1.165, 1.54) is 18.5 Å². The van der Waals surface area contributed by atoms with Crippen LogP contribution in [0.1, 0.15) is 25.7 Å². The zero-order valence-corrected chi connectivity index (χ0v) is 12.1. The summed E-state index contributed by atoms with van der Waals surface area (Å²) in [6, 6.07) is 1.09. The molecule has 1 saturated carbocycles. The van der Waals surface area contributed by atoms with E-state index in [0.29, 0.717) is 17.3 Å². The Morgan fingerprint density at radius 3 is 2.72 bits per heavy atom. The molecular weight excluding hydrogens is 320 g/mol. The minimum Gasteiger partial charge on any atom is -0.391 e. The summed E-state index contributed by atoms with van der Waals surface area (Å²) in [5.41, 5.74) is 0. The number of halogens is 1. The first-order valence-electron chi connectivity index (χ1n) is 5.80. The number of rotatable bonds is 3. The molecule has 2 N–H and O–H groups in total. The van der Waals surface area contributed by atoms with Gasteiger partial charge in [0.05, 0.1) is 6.10 Å². The van der Waals surface area contributed by atoms with Crippen molar-refractivity contribution in [2.75, 3.05) is 0 Å². The molecule has 1 aliphatic carbocycles. The van der Waals surface area contributed by atoms with Gasteiger partial charge in [-0.15, -0.1) is 0 Å². The van der Waals surface area contributed by atoms with Crippen molar-refractivity contribution in [2.24, 2.45) is 0 Å². The largest absolute Gasteiger partial charge is 0.391 e. The topological polar surface area (TPSA) is 79.3 Å². The molecule has 2 rings (SSSR count). The van der Waals surface area contributed by atoms with Gasteiger partial charge in [-0.05, 0) is 34.8 Å². The number of aliphatic hydroxyl groups is 1. The maximum absolute atomic E-state index is 12.1. The fourth-order valence-corrected chi connectivity index (χ4v) is 3.86. The van der Waals surface area contributed by atoms with E-state index in [0.717, 1.165) is 12.8 Å². The average Bonchev–Trinajstić information content (AvgIpc) is 2.32. The van der Waals surface area contributed by atoms with Crippen molar-refractivity contribution in [3.05, 3.63) is 22.9 Å². The van der Waals surface area contributed by atoms with Gasteiger partial charge >= 0.3 is 0 Å². The summed E-state index contributed by atoms with van der Waals surface area (Å²) in [6.45, 7) is 0. The third-order valence-electron chi connectivity index (χ3n) is 3.03. The van der Waals surface area contributed by atoms with Gasteiger partial charge in [-0.1, -0.05) is 12.8 Å². The Balaban J connectivity index is 2.16. The highest BCUT2D eigenvalue weighted by Gasteiger charge is 2.28. The summed E-state index contributed by atoms with van der Waals surface area (Å²) in [4.78, 5) is 3.94. The van der Waals surface area contributed by atoms with E-state index in [2.05, 4.69) is 25.6 Å². The van der Waals surface area contributed by atoms with Crippen LogP contribution in [0.2, 0.25) is 0 Å². The molecule has 0 bridgehead atoms. The molecule has 0 spiro atoms. The number of nitrogens with zero attached hydrogens (tertiary/aromatic N) is 1. The monoisotopic (exact) mass is 334 g/mol. The van der Waals surface area contributed by atoms with E-state index in [-0.39, 0.29) is 4.90 Å². The zero-order valence-electron chi connectivity index (χ0n) is 9.71. The summed E-state index contributed by atoms with van der Waals surface area (Å²) in [6.07, 6.45) is 5.40. The molecule has 100 valence electrons. The lowest BCUT2D eigenvalue weighted by Crippen LogP contribution is -2.44. The van der Waals surface area contributed by atoms with Gasteiger partial charge in [-0.25, -0.2) is 13.1 Å². The van der Waals surface area contributed by atoms with Crippen LogP contribution in [0.3, 0.4) is 0 Å². The third kappa shape index (κ3) is 3.28. The third-order valence-corrected chi connectivity index (χ3v) is 4.92. The summed E-state index contributed by atoms with van der Waals surface area (Å²) >= 11 is 3.19. The molecular formula is C11H15BrN2O3S. The molecule has 0 amide bonds. The minimum atomic E-state index is -3.62. The lowest BCUT2D eigenvalue weighted by atomic mass is 9.93. The predicted molar refractivity (Wildman–Crippen MR) is 70.5 cm³/mol. The Labute approximate surface area is 115 Å². The van der Waals surface area contributed by atoms with Crippen molar-refractivity contribution in [3.8, 4) is 0 Å². The maximum Gasteiger partial charge on any atom is 0.242 e. The van der Waals surface area contributed by atoms with E-state index in [1.54, 1.807) is 0 Å². The summed E-state index contributed by atoms with van der Waals surface area (Å²) < 4.78 is 27.4. The highest BCUT2D eigenvalue weighted by atomic mass is 79.9. The van der Waals surface area contributed by atoms with Crippen molar-refractivity contribution in [2.45, 2.75) is 42.7 Å². The summed E-state index contributed by atoms with van der Waals surface area (Å²) in [5, 5.41) is 9.78. The zero-order chi connectivity index (χ0) is 13.2. The van der Waals surface area contributed by atoms with Gasteiger partial charge in [-0.3, -0.25) is 4.98 Å². The van der Waals surface area contributed by atoms with Crippen LogP contribution in [0.5, 0.6) is 0 Å². The second-order valence-electron chi connectivity index (χ2n) is 4.42. The molecule has 5 nitrogen and oxygen atoms in total. The van der Waals surface area contributed by atoms with Crippen molar-refractivity contribution in [1.29, 1.82) is 0 Å². The van der Waals surface area contributed by atoms with E-state index < -0.39 is 22.2 Å². The average molecular weight is 335 g/mol. The minimum absolute atomic E-state index is 0.106. The van der Waals surface area contributed by atoms with Crippen LogP contribution in [0.25, 0.3) is 0 Å². The fraction of sp³-hybridized carbons (Fsp3) is 0.545. The van der Waals surface area contributed by atoms with Crippen LogP contribution >= 0.6 is 15.9 Å².